The van der Waals surface area contributed by atoms with E-state index in [1.165, 1.54) is 0 Å². The van der Waals surface area contributed by atoms with Crippen LogP contribution in [-0.4, -0.2) is 19.6 Å². The molecule has 0 atom stereocenters. The lowest BCUT2D eigenvalue weighted by molar-refractivity contribution is 0.0993. The fraction of sp³-hybridized carbons (Fsp3) is 0.235. The molecular weight excluding hydrogens is 264 g/mol. The van der Waals surface area contributed by atoms with Crippen LogP contribution in [0, 0.1) is 0 Å². The summed E-state index contributed by atoms with van der Waals surface area (Å²) < 4.78 is 5.38. The van der Waals surface area contributed by atoms with Crippen LogP contribution in [0.3, 0.4) is 0 Å². The third-order valence-electron chi connectivity index (χ3n) is 3.29. The molecule has 4 nitrogen and oxygen atoms in total. The van der Waals surface area contributed by atoms with Crippen LogP contribution in [0.5, 0.6) is 5.75 Å². The zero-order valence-corrected chi connectivity index (χ0v) is 12.4. The Morgan fingerprint density at radius 3 is 2.43 bits per heavy atom. The molecule has 0 radical (unpaired) electrons. The molecule has 0 aromatic heterocycles. The molecule has 110 valence electrons. The Labute approximate surface area is 125 Å². The first kappa shape index (κ1) is 15.1. The van der Waals surface area contributed by atoms with Crippen LogP contribution in [0.15, 0.2) is 48.5 Å². The number of amides is 1. The molecule has 2 aromatic carbocycles. The highest BCUT2D eigenvalue weighted by Gasteiger charge is 2.15. The molecule has 1 amide bonds. The zero-order chi connectivity index (χ0) is 15.2. The van der Waals surface area contributed by atoms with E-state index >= 15 is 0 Å². The molecule has 4 heteroatoms. The summed E-state index contributed by atoms with van der Waals surface area (Å²) >= 11 is 0. The van der Waals surface area contributed by atoms with E-state index in [0.717, 1.165) is 17.0 Å². The lowest BCUT2D eigenvalue weighted by atomic mass is 10.1. The Morgan fingerprint density at radius 1 is 1.14 bits per heavy atom. The summed E-state index contributed by atoms with van der Waals surface area (Å²) in [6.07, 6.45) is 0. The summed E-state index contributed by atoms with van der Waals surface area (Å²) in [7, 11) is 1.76. The maximum absolute atomic E-state index is 12.5. The van der Waals surface area contributed by atoms with Crippen LogP contribution in [0.2, 0.25) is 0 Å². The Hall–Kier alpha value is -2.33. The van der Waals surface area contributed by atoms with Crippen LogP contribution in [0.25, 0.3) is 0 Å². The molecule has 0 saturated heterocycles. The van der Waals surface area contributed by atoms with Gasteiger partial charge in [-0.2, -0.15) is 0 Å². The minimum atomic E-state index is -0.0704. The van der Waals surface area contributed by atoms with Crippen molar-refractivity contribution in [3.05, 3.63) is 59.7 Å². The van der Waals surface area contributed by atoms with E-state index in [1.54, 1.807) is 36.2 Å². The number of nitrogens with two attached hydrogens (primary N) is 1. The van der Waals surface area contributed by atoms with Gasteiger partial charge >= 0.3 is 0 Å². The number of rotatable bonds is 5. The van der Waals surface area contributed by atoms with Crippen LogP contribution in [-0.2, 0) is 6.54 Å². The van der Waals surface area contributed by atoms with Crippen LogP contribution in [0.1, 0.15) is 22.8 Å². The summed E-state index contributed by atoms with van der Waals surface area (Å²) in [4.78, 5) is 14.1. The highest BCUT2D eigenvalue weighted by molar-refractivity contribution is 6.06. The molecule has 0 spiro atoms. The van der Waals surface area contributed by atoms with E-state index in [9.17, 15) is 4.79 Å². The van der Waals surface area contributed by atoms with Gasteiger partial charge in [0.1, 0.15) is 5.75 Å². The number of anilines is 1. The molecule has 2 rings (SSSR count). The van der Waals surface area contributed by atoms with Crippen molar-refractivity contribution in [2.24, 2.45) is 5.73 Å². The molecule has 0 aliphatic heterocycles. The van der Waals surface area contributed by atoms with Crippen molar-refractivity contribution in [2.75, 3.05) is 18.6 Å². The van der Waals surface area contributed by atoms with Crippen molar-refractivity contribution in [2.45, 2.75) is 13.5 Å². The minimum absolute atomic E-state index is 0.0704. The van der Waals surface area contributed by atoms with E-state index in [-0.39, 0.29) is 5.91 Å². The maximum atomic E-state index is 12.5. The molecule has 0 aliphatic rings. The number of para-hydroxylation sites is 1. The quantitative estimate of drug-likeness (QED) is 0.918. The number of benzene rings is 2. The summed E-state index contributed by atoms with van der Waals surface area (Å²) in [6, 6.07) is 14.8. The second-order valence-corrected chi connectivity index (χ2v) is 4.65. The van der Waals surface area contributed by atoms with Gasteiger partial charge in [0.15, 0.2) is 0 Å². The smallest absolute Gasteiger partial charge is 0.258 e. The third-order valence-corrected chi connectivity index (χ3v) is 3.29. The molecule has 0 saturated carbocycles. The fourth-order valence-electron chi connectivity index (χ4n) is 2.17. The Morgan fingerprint density at radius 2 is 1.81 bits per heavy atom. The molecule has 0 heterocycles. The van der Waals surface area contributed by atoms with Crippen molar-refractivity contribution < 1.29 is 9.53 Å². The van der Waals surface area contributed by atoms with Crippen LogP contribution >= 0.6 is 0 Å². The van der Waals surface area contributed by atoms with Crippen LogP contribution in [0.4, 0.5) is 5.69 Å². The monoisotopic (exact) mass is 284 g/mol. The summed E-state index contributed by atoms with van der Waals surface area (Å²) in [5.41, 5.74) is 8.12. The van der Waals surface area contributed by atoms with E-state index in [4.69, 9.17) is 10.5 Å². The van der Waals surface area contributed by atoms with Gasteiger partial charge in [0.25, 0.3) is 5.91 Å². The zero-order valence-electron chi connectivity index (χ0n) is 12.4. The van der Waals surface area contributed by atoms with Crippen molar-refractivity contribution in [1.29, 1.82) is 0 Å². The van der Waals surface area contributed by atoms with E-state index in [1.807, 2.05) is 31.2 Å². The van der Waals surface area contributed by atoms with Gasteiger partial charge in [0.05, 0.1) is 6.61 Å². The average molecular weight is 284 g/mol. The second-order valence-electron chi connectivity index (χ2n) is 4.65. The summed E-state index contributed by atoms with van der Waals surface area (Å²) in [5.74, 6) is 0.693. The van der Waals surface area contributed by atoms with Gasteiger partial charge in [0.2, 0.25) is 0 Å². The molecule has 0 unspecified atom stereocenters. The Balaban J connectivity index is 2.22. The number of carbonyl (C=O) groups is 1. The van der Waals surface area contributed by atoms with Crippen LogP contribution < -0.4 is 15.4 Å². The second kappa shape index (κ2) is 6.90. The van der Waals surface area contributed by atoms with Gasteiger partial charge < -0.3 is 15.4 Å². The highest BCUT2D eigenvalue weighted by atomic mass is 16.5. The first-order chi connectivity index (χ1) is 10.2. The third kappa shape index (κ3) is 3.41. The number of hydrogen-bond donors (Lipinski definition) is 1. The molecule has 0 fully saturated rings. The molecule has 2 N–H and O–H groups in total. The van der Waals surface area contributed by atoms with Gasteiger partial charge in [-0.1, -0.05) is 18.2 Å². The van der Waals surface area contributed by atoms with E-state index in [2.05, 4.69) is 0 Å². The van der Waals surface area contributed by atoms with Crippen molar-refractivity contribution in [3.8, 4) is 5.75 Å². The minimum Gasteiger partial charge on any atom is -0.494 e. The van der Waals surface area contributed by atoms with Crippen molar-refractivity contribution in [1.82, 2.24) is 0 Å². The topological polar surface area (TPSA) is 55.6 Å². The number of hydrogen-bond acceptors (Lipinski definition) is 3. The normalized spacial score (nSPS) is 10.2. The largest absolute Gasteiger partial charge is 0.494 e. The lowest BCUT2D eigenvalue weighted by Gasteiger charge is -2.20. The lowest BCUT2D eigenvalue weighted by Crippen LogP contribution is -2.27. The number of ether oxygens (including phenoxy) is 1. The maximum Gasteiger partial charge on any atom is 0.258 e. The molecule has 0 aliphatic carbocycles. The summed E-state index contributed by atoms with van der Waals surface area (Å²) in [5, 5.41) is 0. The average Bonchev–Trinajstić information content (AvgIpc) is 2.54. The van der Waals surface area contributed by atoms with Gasteiger partial charge in [-0.3, -0.25) is 4.79 Å². The fourth-order valence-corrected chi connectivity index (χ4v) is 2.17. The Bertz CT molecular complexity index is 608. The predicted molar refractivity (Wildman–Crippen MR) is 84.7 cm³/mol. The van der Waals surface area contributed by atoms with Gasteiger partial charge in [0, 0.05) is 24.8 Å². The SMILES string of the molecule is CCOc1ccc(C(=O)N(C)c2ccccc2CN)cc1. The number of carbonyl (C=O) groups excluding carboxylic acids is 1. The highest BCUT2D eigenvalue weighted by Crippen LogP contribution is 2.21. The van der Waals surface area contributed by atoms with Gasteiger partial charge in [-0.15, -0.1) is 0 Å². The summed E-state index contributed by atoms with van der Waals surface area (Å²) in [6.45, 7) is 2.94. The predicted octanol–water partition coefficient (Wildman–Crippen LogP) is 2.82. The Kier molecular flexibility index (Phi) is 4.95. The molecule has 21 heavy (non-hydrogen) atoms. The van der Waals surface area contributed by atoms with E-state index < -0.39 is 0 Å². The first-order valence-corrected chi connectivity index (χ1v) is 6.96. The van der Waals surface area contributed by atoms with Gasteiger partial charge in [-0.25, -0.2) is 0 Å². The first-order valence-electron chi connectivity index (χ1n) is 6.96. The van der Waals surface area contributed by atoms with Gasteiger partial charge in [-0.05, 0) is 42.8 Å². The van der Waals surface area contributed by atoms with Crippen molar-refractivity contribution >= 4 is 11.6 Å². The molecular formula is C17H20N2O2. The molecule has 2 aromatic rings. The standard InChI is InChI=1S/C17H20N2O2/c1-3-21-15-10-8-13(9-11-15)17(20)19(2)16-7-5-4-6-14(16)12-18/h4-11H,3,12,18H2,1-2H3. The molecule has 0 bridgehead atoms. The van der Waals surface area contributed by atoms with Crippen molar-refractivity contribution in [3.63, 3.8) is 0 Å². The van der Waals surface area contributed by atoms with E-state index in [0.29, 0.717) is 18.7 Å². The number of nitrogens with zero attached hydrogens (tertiary/aromatic N) is 1.